The van der Waals surface area contributed by atoms with Crippen LogP contribution in [0.15, 0.2) is 0 Å². The van der Waals surface area contributed by atoms with Gasteiger partial charge in [0.2, 0.25) is 0 Å². The molecule has 0 bridgehead atoms. The normalized spacial score (nSPS) is 20.8. The van der Waals surface area contributed by atoms with Gasteiger partial charge < -0.3 is 5.11 Å². The number of hydrogen-bond donors (Lipinski definition) is 1. The predicted molar refractivity (Wildman–Crippen MR) is 63.7 cm³/mol. The van der Waals surface area contributed by atoms with Crippen LogP contribution in [0.2, 0.25) is 0 Å². The van der Waals surface area contributed by atoms with Crippen LogP contribution >= 0.6 is 0 Å². The van der Waals surface area contributed by atoms with Crippen molar-refractivity contribution >= 4 is 0 Å². The Hall–Kier alpha value is -0.250. The summed E-state index contributed by atoms with van der Waals surface area (Å²) in [6.45, 7) is 9.25. The van der Waals surface area contributed by atoms with E-state index in [1.807, 2.05) is 6.92 Å². The van der Waals surface area contributed by atoms with Gasteiger partial charge >= 0.3 is 6.18 Å². The molecular weight excluding hydrogens is 229 g/mol. The molecule has 0 aromatic rings. The standard InChI is InChI=1S/C13H25F3O/c1-7-8-12(6,9(2)10(3)17)11(4,5)13(14,15)16/h9-10,17H,7-8H2,1-6H3. The summed E-state index contributed by atoms with van der Waals surface area (Å²) in [5, 5.41) is 9.64. The predicted octanol–water partition coefficient (Wildman–Crippen LogP) is 4.40. The molecule has 17 heavy (non-hydrogen) atoms. The molecule has 3 unspecified atom stereocenters. The Morgan fingerprint density at radius 3 is 1.71 bits per heavy atom. The summed E-state index contributed by atoms with van der Waals surface area (Å²) in [6.07, 6.45) is -3.88. The summed E-state index contributed by atoms with van der Waals surface area (Å²) in [5.74, 6) is -0.404. The van der Waals surface area contributed by atoms with Crippen LogP contribution in [0, 0.1) is 16.7 Å². The number of hydrogen-bond acceptors (Lipinski definition) is 1. The van der Waals surface area contributed by atoms with Crippen molar-refractivity contribution in [1.29, 1.82) is 0 Å². The Bertz CT molecular complexity index is 246. The minimum atomic E-state index is -4.26. The average molecular weight is 254 g/mol. The number of halogens is 3. The van der Waals surface area contributed by atoms with Gasteiger partial charge in [0.05, 0.1) is 11.5 Å². The van der Waals surface area contributed by atoms with Crippen molar-refractivity contribution in [3.8, 4) is 0 Å². The molecule has 0 spiro atoms. The van der Waals surface area contributed by atoms with Gasteiger partial charge in [-0.15, -0.1) is 0 Å². The van der Waals surface area contributed by atoms with Crippen LogP contribution in [0.1, 0.15) is 54.4 Å². The summed E-state index contributed by atoms with van der Waals surface area (Å²) in [6, 6.07) is 0. The lowest BCUT2D eigenvalue weighted by atomic mass is 9.57. The number of aliphatic hydroxyl groups is 1. The van der Waals surface area contributed by atoms with E-state index in [9.17, 15) is 18.3 Å². The van der Waals surface area contributed by atoms with Crippen LogP contribution in [0.3, 0.4) is 0 Å². The number of rotatable bonds is 5. The van der Waals surface area contributed by atoms with Gasteiger partial charge in [-0.2, -0.15) is 13.2 Å². The lowest BCUT2D eigenvalue weighted by Gasteiger charge is -2.50. The van der Waals surface area contributed by atoms with Gasteiger partial charge in [0.1, 0.15) is 0 Å². The molecule has 0 saturated carbocycles. The van der Waals surface area contributed by atoms with Crippen molar-refractivity contribution in [2.75, 3.05) is 0 Å². The maximum absolute atomic E-state index is 13.2. The molecule has 0 radical (unpaired) electrons. The summed E-state index contributed by atoms with van der Waals surface area (Å²) in [5.41, 5.74) is -2.78. The SMILES string of the molecule is CCCC(C)(C(C)C(C)O)C(C)(C)C(F)(F)F. The number of alkyl halides is 3. The lowest BCUT2D eigenvalue weighted by Crippen LogP contribution is -2.52. The molecule has 1 N–H and O–H groups in total. The summed E-state index contributed by atoms with van der Waals surface area (Å²) in [7, 11) is 0. The zero-order chi connectivity index (χ0) is 14.1. The number of aliphatic hydroxyl groups excluding tert-OH is 1. The summed E-state index contributed by atoms with van der Waals surface area (Å²) in [4.78, 5) is 0. The molecule has 104 valence electrons. The van der Waals surface area contributed by atoms with Gasteiger partial charge in [-0.25, -0.2) is 0 Å². The molecule has 0 aliphatic rings. The van der Waals surface area contributed by atoms with Crippen molar-refractivity contribution in [2.24, 2.45) is 16.7 Å². The quantitative estimate of drug-likeness (QED) is 0.771. The second-order valence-corrected chi connectivity index (χ2v) is 5.82. The highest BCUT2D eigenvalue weighted by Crippen LogP contribution is 2.57. The van der Waals surface area contributed by atoms with Gasteiger partial charge in [-0.3, -0.25) is 0 Å². The Balaban J connectivity index is 5.49. The van der Waals surface area contributed by atoms with Gasteiger partial charge in [0.25, 0.3) is 0 Å². The van der Waals surface area contributed by atoms with Crippen molar-refractivity contribution < 1.29 is 18.3 Å². The molecule has 0 aromatic carbocycles. The molecule has 0 rings (SSSR count). The zero-order valence-corrected chi connectivity index (χ0v) is 11.7. The van der Waals surface area contributed by atoms with E-state index < -0.39 is 29.0 Å². The minimum absolute atomic E-state index is 0.404. The Morgan fingerprint density at radius 2 is 1.47 bits per heavy atom. The van der Waals surface area contributed by atoms with Crippen LogP contribution in [0.5, 0.6) is 0 Å². The third kappa shape index (κ3) is 2.95. The minimum Gasteiger partial charge on any atom is -0.393 e. The maximum atomic E-state index is 13.2. The first kappa shape index (κ1) is 16.8. The third-order valence-corrected chi connectivity index (χ3v) is 4.63. The van der Waals surface area contributed by atoms with Crippen LogP contribution in [0.25, 0.3) is 0 Å². The molecule has 0 heterocycles. The fourth-order valence-corrected chi connectivity index (χ4v) is 2.48. The topological polar surface area (TPSA) is 20.2 Å². The fraction of sp³-hybridized carbons (Fsp3) is 1.00. The third-order valence-electron chi connectivity index (χ3n) is 4.63. The molecule has 1 nitrogen and oxygen atoms in total. The smallest absolute Gasteiger partial charge is 0.393 e. The van der Waals surface area contributed by atoms with Crippen molar-refractivity contribution in [1.82, 2.24) is 0 Å². The van der Waals surface area contributed by atoms with E-state index in [2.05, 4.69) is 0 Å². The molecular formula is C13H25F3O. The molecule has 0 aliphatic carbocycles. The van der Waals surface area contributed by atoms with Gasteiger partial charge in [-0.1, -0.05) is 41.0 Å². The summed E-state index contributed by atoms with van der Waals surface area (Å²) >= 11 is 0. The highest BCUT2D eigenvalue weighted by molar-refractivity contribution is 4.98. The van der Waals surface area contributed by atoms with E-state index in [0.29, 0.717) is 12.8 Å². The zero-order valence-electron chi connectivity index (χ0n) is 11.7. The Morgan fingerprint density at radius 1 is 1.06 bits per heavy atom. The van der Waals surface area contributed by atoms with E-state index >= 15 is 0 Å². The van der Waals surface area contributed by atoms with Crippen LogP contribution < -0.4 is 0 Å². The molecule has 3 atom stereocenters. The van der Waals surface area contributed by atoms with E-state index in [1.165, 1.54) is 13.8 Å². The first-order chi connectivity index (χ1) is 7.41. The first-order valence-corrected chi connectivity index (χ1v) is 6.16. The lowest BCUT2D eigenvalue weighted by molar-refractivity contribution is -0.264. The van der Waals surface area contributed by atoms with E-state index in [1.54, 1.807) is 20.8 Å². The van der Waals surface area contributed by atoms with Crippen LogP contribution in [-0.2, 0) is 0 Å². The maximum Gasteiger partial charge on any atom is 0.394 e. The molecule has 0 aromatic heterocycles. The van der Waals surface area contributed by atoms with E-state index in [0.717, 1.165) is 0 Å². The van der Waals surface area contributed by atoms with Gasteiger partial charge in [0.15, 0.2) is 0 Å². The van der Waals surface area contributed by atoms with Crippen LogP contribution in [0.4, 0.5) is 13.2 Å². The summed E-state index contributed by atoms with van der Waals surface area (Å²) < 4.78 is 39.6. The molecule has 0 aliphatic heterocycles. The van der Waals surface area contributed by atoms with Gasteiger partial charge in [0, 0.05) is 0 Å². The Labute approximate surface area is 102 Å². The van der Waals surface area contributed by atoms with E-state index in [4.69, 9.17) is 0 Å². The van der Waals surface area contributed by atoms with E-state index in [-0.39, 0.29) is 0 Å². The molecule has 4 heteroatoms. The van der Waals surface area contributed by atoms with Crippen molar-refractivity contribution in [3.63, 3.8) is 0 Å². The average Bonchev–Trinajstić information content (AvgIpc) is 2.14. The molecule has 0 saturated heterocycles. The second kappa shape index (κ2) is 5.17. The second-order valence-electron chi connectivity index (χ2n) is 5.82. The first-order valence-electron chi connectivity index (χ1n) is 6.16. The Kier molecular flexibility index (Phi) is 5.09. The molecule has 0 amide bonds. The van der Waals surface area contributed by atoms with Crippen molar-refractivity contribution in [3.05, 3.63) is 0 Å². The highest BCUT2D eigenvalue weighted by Gasteiger charge is 2.59. The van der Waals surface area contributed by atoms with Crippen LogP contribution in [-0.4, -0.2) is 17.4 Å². The fourth-order valence-electron chi connectivity index (χ4n) is 2.48. The molecule has 0 fully saturated rings. The van der Waals surface area contributed by atoms with Gasteiger partial charge in [-0.05, 0) is 24.7 Å². The largest absolute Gasteiger partial charge is 0.394 e. The highest BCUT2D eigenvalue weighted by atomic mass is 19.4. The van der Waals surface area contributed by atoms with Crippen molar-refractivity contribution in [2.45, 2.75) is 66.7 Å². The monoisotopic (exact) mass is 254 g/mol.